The van der Waals surface area contributed by atoms with E-state index in [1.54, 1.807) is 0 Å². The number of rotatable bonds is 5. The number of carbonyl (C=O) groups excluding carboxylic acids is 1. The van der Waals surface area contributed by atoms with Crippen molar-refractivity contribution >= 4 is 21.6 Å². The van der Waals surface area contributed by atoms with Crippen LogP contribution in [-0.2, 0) is 34.3 Å². The van der Waals surface area contributed by atoms with E-state index in [-0.39, 0.29) is 10.5 Å². The summed E-state index contributed by atoms with van der Waals surface area (Å²) in [5.41, 5.74) is -0.683. The fourth-order valence-electron chi connectivity index (χ4n) is 4.35. The van der Waals surface area contributed by atoms with Gasteiger partial charge in [-0.05, 0) is 56.4 Å². The molecule has 3 heterocycles. The SMILES string of the molecule is N#Cc1c2n(c(=O)n(CC(=O)Nc3ccc(S(=O)(=O)N4CCCC4)cc3)c1=O)CCCCC2. The van der Waals surface area contributed by atoms with Crippen LogP contribution >= 0.6 is 0 Å². The molecule has 2 aliphatic rings. The Bertz CT molecular complexity index is 1330. The molecule has 4 rings (SSSR count). The lowest BCUT2D eigenvalue weighted by molar-refractivity contribution is -0.116. The summed E-state index contributed by atoms with van der Waals surface area (Å²) < 4.78 is 28.9. The largest absolute Gasteiger partial charge is 0.331 e. The molecular weight excluding hydrogens is 446 g/mol. The third-order valence-electron chi connectivity index (χ3n) is 6.08. The monoisotopic (exact) mass is 471 g/mol. The van der Waals surface area contributed by atoms with Crippen molar-refractivity contribution in [3.63, 3.8) is 0 Å². The first kappa shape index (κ1) is 22.9. The smallest absolute Gasteiger partial charge is 0.325 e. The van der Waals surface area contributed by atoms with Crippen molar-refractivity contribution in [2.45, 2.75) is 56.5 Å². The lowest BCUT2D eigenvalue weighted by atomic mass is 10.1. The zero-order valence-corrected chi connectivity index (χ0v) is 18.9. The Morgan fingerprint density at radius 2 is 1.67 bits per heavy atom. The second-order valence-electron chi connectivity index (χ2n) is 8.25. The van der Waals surface area contributed by atoms with E-state index in [0.29, 0.717) is 37.4 Å². The third-order valence-corrected chi connectivity index (χ3v) is 8.00. The number of amides is 1. The molecule has 11 heteroatoms. The number of benzene rings is 1. The molecule has 2 aliphatic heterocycles. The Kier molecular flexibility index (Phi) is 6.49. The summed E-state index contributed by atoms with van der Waals surface area (Å²) in [6.07, 6.45) is 4.60. The molecular formula is C22H25N5O5S. The lowest BCUT2D eigenvalue weighted by Gasteiger charge is -2.16. The molecule has 2 aromatic rings. The van der Waals surface area contributed by atoms with E-state index in [9.17, 15) is 28.1 Å². The minimum absolute atomic E-state index is 0.0965. The second kappa shape index (κ2) is 9.33. The molecule has 1 saturated heterocycles. The number of nitriles is 1. The minimum Gasteiger partial charge on any atom is -0.325 e. The van der Waals surface area contributed by atoms with Crippen molar-refractivity contribution in [1.29, 1.82) is 5.26 Å². The number of carbonyl (C=O) groups is 1. The standard InChI is InChI=1S/C22H25N5O5S/c23-14-18-19-6-2-1-3-13-26(19)22(30)27(21(18)29)15-20(28)24-16-7-9-17(10-8-16)33(31,32)25-11-4-5-12-25/h7-10H,1-6,11-13,15H2,(H,24,28). The van der Waals surface area contributed by atoms with E-state index >= 15 is 0 Å². The Labute approximate surface area is 191 Å². The van der Waals surface area contributed by atoms with Gasteiger partial charge in [0.2, 0.25) is 15.9 Å². The van der Waals surface area contributed by atoms with Crippen molar-refractivity contribution in [1.82, 2.24) is 13.4 Å². The van der Waals surface area contributed by atoms with Crippen LogP contribution in [0.15, 0.2) is 38.8 Å². The van der Waals surface area contributed by atoms with Gasteiger partial charge >= 0.3 is 5.69 Å². The number of anilines is 1. The highest BCUT2D eigenvalue weighted by molar-refractivity contribution is 7.89. The van der Waals surface area contributed by atoms with Gasteiger partial charge in [-0.25, -0.2) is 17.8 Å². The van der Waals surface area contributed by atoms with Crippen LogP contribution in [0.3, 0.4) is 0 Å². The van der Waals surface area contributed by atoms with E-state index in [2.05, 4.69) is 5.32 Å². The van der Waals surface area contributed by atoms with Crippen molar-refractivity contribution < 1.29 is 13.2 Å². The van der Waals surface area contributed by atoms with Gasteiger partial charge in [-0.15, -0.1) is 0 Å². The van der Waals surface area contributed by atoms with Gasteiger partial charge in [0.05, 0.1) is 4.90 Å². The number of nitrogens with zero attached hydrogens (tertiary/aromatic N) is 4. The maximum Gasteiger partial charge on any atom is 0.331 e. The Morgan fingerprint density at radius 1 is 1.00 bits per heavy atom. The van der Waals surface area contributed by atoms with Gasteiger partial charge in [-0.3, -0.25) is 14.2 Å². The highest BCUT2D eigenvalue weighted by Crippen LogP contribution is 2.22. The summed E-state index contributed by atoms with van der Waals surface area (Å²) in [5.74, 6) is -0.623. The van der Waals surface area contributed by atoms with Crippen molar-refractivity contribution in [3.05, 3.63) is 56.4 Å². The first-order chi connectivity index (χ1) is 15.8. The van der Waals surface area contributed by atoms with Crippen LogP contribution in [0.5, 0.6) is 0 Å². The van der Waals surface area contributed by atoms with Crippen LogP contribution < -0.4 is 16.6 Å². The van der Waals surface area contributed by atoms with Gasteiger partial charge in [0.1, 0.15) is 18.2 Å². The molecule has 0 radical (unpaired) electrons. The van der Waals surface area contributed by atoms with Gasteiger partial charge < -0.3 is 5.32 Å². The Balaban J connectivity index is 1.54. The maximum atomic E-state index is 12.9. The van der Waals surface area contributed by atoms with Crippen molar-refractivity contribution in [3.8, 4) is 6.07 Å². The first-order valence-corrected chi connectivity index (χ1v) is 12.4. The molecule has 1 N–H and O–H groups in total. The van der Waals surface area contributed by atoms with E-state index in [1.807, 2.05) is 6.07 Å². The number of fused-ring (bicyclic) bond motifs is 1. The van der Waals surface area contributed by atoms with Crippen LogP contribution in [0, 0.1) is 11.3 Å². The molecule has 0 unspecified atom stereocenters. The molecule has 0 bridgehead atoms. The maximum absolute atomic E-state index is 12.9. The van der Waals surface area contributed by atoms with Gasteiger partial charge in [0, 0.05) is 31.0 Å². The van der Waals surface area contributed by atoms with Gasteiger partial charge in [0.25, 0.3) is 5.56 Å². The minimum atomic E-state index is -3.56. The highest BCUT2D eigenvalue weighted by Gasteiger charge is 2.27. The van der Waals surface area contributed by atoms with Crippen LogP contribution in [0.1, 0.15) is 43.4 Å². The van der Waals surface area contributed by atoms with E-state index < -0.39 is 33.7 Å². The zero-order chi connectivity index (χ0) is 23.6. The molecule has 1 amide bonds. The van der Waals surface area contributed by atoms with Gasteiger partial charge in [-0.2, -0.15) is 9.57 Å². The van der Waals surface area contributed by atoms with Gasteiger partial charge in [0.15, 0.2) is 0 Å². The lowest BCUT2D eigenvalue weighted by Crippen LogP contribution is -2.45. The number of hydrogen-bond donors (Lipinski definition) is 1. The summed E-state index contributed by atoms with van der Waals surface area (Å²) in [4.78, 5) is 38.4. The molecule has 1 aromatic heterocycles. The molecule has 0 aliphatic carbocycles. The van der Waals surface area contributed by atoms with E-state index in [4.69, 9.17) is 0 Å². The van der Waals surface area contributed by atoms with Crippen LogP contribution in [0.2, 0.25) is 0 Å². The predicted octanol–water partition coefficient (Wildman–Crippen LogP) is 1.03. The second-order valence-corrected chi connectivity index (χ2v) is 10.2. The molecule has 1 fully saturated rings. The third kappa shape index (κ3) is 4.49. The summed E-state index contributed by atoms with van der Waals surface area (Å²) in [6.45, 7) is 0.852. The number of nitrogens with one attached hydrogen (secondary N) is 1. The first-order valence-electron chi connectivity index (χ1n) is 11.0. The van der Waals surface area contributed by atoms with Crippen LogP contribution in [0.25, 0.3) is 0 Å². The fourth-order valence-corrected chi connectivity index (χ4v) is 5.87. The normalized spacial score (nSPS) is 16.6. The quantitative estimate of drug-likeness (QED) is 0.692. The van der Waals surface area contributed by atoms with Crippen molar-refractivity contribution in [2.24, 2.45) is 0 Å². The average molecular weight is 472 g/mol. The van der Waals surface area contributed by atoms with E-state index in [1.165, 1.54) is 33.1 Å². The number of hydrogen-bond acceptors (Lipinski definition) is 6. The topological polar surface area (TPSA) is 134 Å². The molecule has 0 atom stereocenters. The average Bonchev–Trinajstić information content (AvgIpc) is 3.24. The molecule has 0 spiro atoms. The fraction of sp³-hybridized carbons (Fsp3) is 0.455. The zero-order valence-electron chi connectivity index (χ0n) is 18.1. The summed E-state index contributed by atoms with van der Waals surface area (Å²) >= 11 is 0. The Hall–Kier alpha value is -3.23. The molecule has 10 nitrogen and oxygen atoms in total. The highest BCUT2D eigenvalue weighted by atomic mass is 32.2. The predicted molar refractivity (Wildman–Crippen MR) is 120 cm³/mol. The molecule has 1 aromatic carbocycles. The number of sulfonamides is 1. The van der Waals surface area contributed by atoms with E-state index in [0.717, 1.165) is 36.7 Å². The van der Waals surface area contributed by atoms with Crippen molar-refractivity contribution in [2.75, 3.05) is 18.4 Å². The molecule has 0 saturated carbocycles. The molecule has 33 heavy (non-hydrogen) atoms. The summed E-state index contributed by atoms with van der Waals surface area (Å²) in [5, 5.41) is 12.1. The summed E-state index contributed by atoms with van der Waals surface area (Å²) in [6, 6.07) is 7.67. The Morgan fingerprint density at radius 3 is 2.33 bits per heavy atom. The number of aromatic nitrogens is 2. The van der Waals surface area contributed by atoms with Crippen LogP contribution in [-0.4, -0.2) is 40.9 Å². The molecule has 174 valence electrons. The van der Waals surface area contributed by atoms with Crippen LogP contribution in [0.4, 0.5) is 5.69 Å². The summed E-state index contributed by atoms with van der Waals surface area (Å²) in [7, 11) is -3.56. The van der Waals surface area contributed by atoms with Gasteiger partial charge in [-0.1, -0.05) is 6.42 Å².